The molecule has 1 aromatic carbocycles. The van der Waals surface area contributed by atoms with Crippen molar-refractivity contribution < 1.29 is 0 Å². The number of anilines is 2. The van der Waals surface area contributed by atoms with Gasteiger partial charge in [-0.3, -0.25) is 0 Å². The highest BCUT2D eigenvalue weighted by Crippen LogP contribution is 2.32. The van der Waals surface area contributed by atoms with E-state index in [1.807, 2.05) is 18.2 Å². The molecule has 0 bridgehead atoms. The number of thiazole rings is 1. The number of fused-ring (bicyclic) bond motifs is 1. The summed E-state index contributed by atoms with van der Waals surface area (Å²) in [7, 11) is 2.17. The standard InChI is InChI=1S/C15H22N4S/c1-3-19-8-6-12(7-9-19)18(2)15-17-13-5-4-11(16)10-14(13)20-15/h4-5,10,12H,3,6-9,16H2,1-2H3. The molecule has 1 fully saturated rings. The fraction of sp³-hybridized carbons (Fsp3) is 0.533. The number of hydrogen-bond donors (Lipinski definition) is 1. The molecular weight excluding hydrogens is 268 g/mol. The van der Waals surface area contributed by atoms with Crippen LogP contribution in [0, 0.1) is 0 Å². The summed E-state index contributed by atoms with van der Waals surface area (Å²) in [5, 5.41) is 1.11. The first kappa shape index (κ1) is 13.6. The predicted octanol–water partition coefficient (Wildman–Crippen LogP) is 2.80. The van der Waals surface area contributed by atoms with Crippen molar-refractivity contribution in [3.63, 3.8) is 0 Å². The van der Waals surface area contributed by atoms with Crippen molar-refractivity contribution in [3.05, 3.63) is 18.2 Å². The van der Waals surface area contributed by atoms with Crippen molar-refractivity contribution >= 4 is 32.4 Å². The molecule has 1 saturated heterocycles. The first-order valence-corrected chi connectivity index (χ1v) is 8.10. The van der Waals surface area contributed by atoms with Crippen LogP contribution in [0.5, 0.6) is 0 Å². The zero-order valence-corrected chi connectivity index (χ0v) is 13.0. The lowest BCUT2D eigenvalue weighted by atomic mass is 10.0. The van der Waals surface area contributed by atoms with E-state index in [0.717, 1.165) is 22.9 Å². The Kier molecular flexibility index (Phi) is 3.81. The Morgan fingerprint density at radius 2 is 2.15 bits per heavy atom. The summed E-state index contributed by atoms with van der Waals surface area (Å²) in [5.41, 5.74) is 7.71. The molecule has 0 radical (unpaired) electrons. The second kappa shape index (κ2) is 5.58. The molecule has 2 aromatic rings. The Morgan fingerprint density at radius 3 is 2.85 bits per heavy atom. The highest BCUT2D eigenvalue weighted by atomic mass is 32.1. The van der Waals surface area contributed by atoms with Crippen LogP contribution in [0.3, 0.4) is 0 Å². The van der Waals surface area contributed by atoms with Crippen molar-refractivity contribution in [1.82, 2.24) is 9.88 Å². The van der Waals surface area contributed by atoms with E-state index in [0.29, 0.717) is 6.04 Å². The van der Waals surface area contributed by atoms with Crippen LogP contribution < -0.4 is 10.6 Å². The number of rotatable bonds is 3. The molecule has 1 aromatic heterocycles. The minimum Gasteiger partial charge on any atom is -0.399 e. The lowest BCUT2D eigenvalue weighted by Gasteiger charge is -2.36. The van der Waals surface area contributed by atoms with Crippen LogP contribution in [0.2, 0.25) is 0 Å². The quantitative estimate of drug-likeness (QED) is 0.883. The number of nitrogen functional groups attached to an aromatic ring is 1. The number of benzene rings is 1. The van der Waals surface area contributed by atoms with Gasteiger partial charge in [-0.25, -0.2) is 4.98 Å². The monoisotopic (exact) mass is 290 g/mol. The lowest BCUT2D eigenvalue weighted by Crippen LogP contribution is -2.43. The molecule has 20 heavy (non-hydrogen) atoms. The van der Waals surface area contributed by atoms with Gasteiger partial charge in [0.15, 0.2) is 5.13 Å². The van der Waals surface area contributed by atoms with Crippen molar-refractivity contribution in [1.29, 1.82) is 0 Å². The molecule has 2 N–H and O–H groups in total. The van der Waals surface area contributed by atoms with Crippen LogP contribution in [0.15, 0.2) is 18.2 Å². The molecule has 0 atom stereocenters. The molecule has 0 saturated carbocycles. The molecule has 3 rings (SSSR count). The van der Waals surface area contributed by atoms with Crippen LogP contribution in [0.25, 0.3) is 10.2 Å². The molecule has 0 spiro atoms. The van der Waals surface area contributed by atoms with Gasteiger partial charge in [-0.05, 0) is 37.6 Å². The topological polar surface area (TPSA) is 45.4 Å². The maximum Gasteiger partial charge on any atom is 0.186 e. The Hall–Kier alpha value is -1.33. The molecule has 0 amide bonds. The SMILES string of the molecule is CCN1CCC(N(C)c2nc3ccc(N)cc3s2)CC1. The lowest BCUT2D eigenvalue weighted by molar-refractivity contribution is 0.221. The Balaban J connectivity index is 1.77. The maximum absolute atomic E-state index is 5.84. The van der Waals surface area contributed by atoms with Gasteiger partial charge in [-0.2, -0.15) is 0 Å². The zero-order chi connectivity index (χ0) is 14.1. The molecule has 1 aliphatic heterocycles. The van der Waals surface area contributed by atoms with E-state index < -0.39 is 0 Å². The van der Waals surface area contributed by atoms with E-state index in [9.17, 15) is 0 Å². The second-order valence-electron chi connectivity index (χ2n) is 5.50. The summed E-state index contributed by atoms with van der Waals surface area (Å²) in [6, 6.07) is 6.56. The van der Waals surface area contributed by atoms with E-state index in [1.54, 1.807) is 11.3 Å². The number of aromatic nitrogens is 1. The van der Waals surface area contributed by atoms with E-state index in [-0.39, 0.29) is 0 Å². The third-order valence-corrected chi connectivity index (χ3v) is 5.36. The van der Waals surface area contributed by atoms with Crippen molar-refractivity contribution in [2.75, 3.05) is 37.3 Å². The van der Waals surface area contributed by atoms with Crippen molar-refractivity contribution in [2.24, 2.45) is 0 Å². The fourth-order valence-electron chi connectivity index (χ4n) is 2.86. The second-order valence-corrected chi connectivity index (χ2v) is 6.51. The van der Waals surface area contributed by atoms with E-state index in [4.69, 9.17) is 10.7 Å². The highest BCUT2D eigenvalue weighted by Gasteiger charge is 2.23. The summed E-state index contributed by atoms with van der Waals surface area (Å²) in [6.07, 6.45) is 2.45. The van der Waals surface area contributed by atoms with Gasteiger partial charge in [0.2, 0.25) is 0 Å². The van der Waals surface area contributed by atoms with Gasteiger partial charge >= 0.3 is 0 Å². The van der Waals surface area contributed by atoms with Gasteiger partial charge in [0.1, 0.15) is 0 Å². The summed E-state index contributed by atoms with van der Waals surface area (Å²) < 4.78 is 1.18. The number of hydrogen-bond acceptors (Lipinski definition) is 5. The maximum atomic E-state index is 5.84. The molecule has 0 aliphatic carbocycles. The first-order valence-electron chi connectivity index (χ1n) is 7.28. The highest BCUT2D eigenvalue weighted by molar-refractivity contribution is 7.22. The van der Waals surface area contributed by atoms with E-state index in [1.165, 1.54) is 30.6 Å². The molecule has 2 heterocycles. The average Bonchev–Trinajstić information content (AvgIpc) is 2.89. The Morgan fingerprint density at radius 1 is 1.40 bits per heavy atom. The summed E-state index contributed by atoms with van der Waals surface area (Å²) in [5.74, 6) is 0. The Bertz CT molecular complexity index is 587. The smallest absolute Gasteiger partial charge is 0.186 e. The van der Waals surface area contributed by atoms with E-state index >= 15 is 0 Å². The van der Waals surface area contributed by atoms with Gasteiger partial charge in [0, 0.05) is 31.9 Å². The minimum absolute atomic E-state index is 0.607. The van der Waals surface area contributed by atoms with Crippen LogP contribution in [-0.2, 0) is 0 Å². The van der Waals surface area contributed by atoms with Crippen molar-refractivity contribution in [3.8, 4) is 0 Å². The number of piperidine rings is 1. The summed E-state index contributed by atoms with van der Waals surface area (Å²) in [6.45, 7) is 5.80. The van der Waals surface area contributed by atoms with Gasteiger partial charge in [0.25, 0.3) is 0 Å². The number of nitrogens with two attached hydrogens (primary N) is 1. The zero-order valence-electron chi connectivity index (χ0n) is 12.2. The van der Waals surface area contributed by atoms with Gasteiger partial charge in [0.05, 0.1) is 10.2 Å². The van der Waals surface area contributed by atoms with Gasteiger partial charge in [-0.15, -0.1) is 0 Å². The predicted molar refractivity (Wildman–Crippen MR) is 87.6 cm³/mol. The molecular formula is C15H22N4S. The third kappa shape index (κ3) is 2.60. The fourth-order valence-corrected chi connectivity index (χ4v) is 3.91. The molecule has 1 aliphatic rings. The summed E-state index contributed by atoms with van der Waals surface area (Å²) in [4.78, 5) is 9.62. The Labute approximate surface area is 124 Å². The third-order valence-electron chi connectivity index (χ3n) is 4.25. The summed E-state index contributed by atoms with van der Waals surface area (Å²) >= 11 is 1.74. The van der Waals surface area contributed by atoms with Gasteiger partial charge < -0.3 is 15.5 Å². The van der Waals surface area contributed by atoms with Crippen LogP contribution in [0.4, 0.5) is 10.8 Å². The van der Waals surface area contributed by atoms with Crippen molar-refractivity contribution in [2.45, 2.75) is 25.8 Å². The van der Waals surface area contributed by atoms with Crippen LogP contribution in [-0.4, -0.2) is 42.6 Å². The van der Waals surface area contributed by atoms with Gasteiger partial charge in [-0.1, -0.05) is 18.3 Å². The average molecular weight is 290 g/mol. The normalized spacial score (nSPS) is 17.7. The number of likely N-dealkylation sites (tertiary alicyclic amines) is 1. The van der Waals surface area contributed by atoms with E-state index in [2.05, 4.69) is 23.8 Å². The largest absolute Gasteiger partial charge is 0.399 e. The first-order chi connectivity index (χ1) is 9.67. The molecule has 0 unspecified atom stereocenters. The molecule has 5 heteroatoms. The van der Waals surface area contributed by atoms with Crippen LogP contribution >= 0.6 is 11.3 Å². The minimum atomic E-state index is 0.607. The molecule has 4 nitrogen and oxygen atoms in total. The van der Waals surface area contributed by atoms with Crippen LogP contribution in [0.1, 0.15) is 19.8 Å². The molecule has 108 valence electrons. The number of nitrogens with zero attached hydrogens (tertiary/aromatic N) is 3.